The highest BCUT2D eigenvalue weighted by atomic mass is 35.5. The van der Waals surface area contributed by atoms with E-state index in [4.69, 9.17) is 16.3 Å². The lowest BCUT2D eigenvalue weighted by atomic mass is 10.2. The summed E-state index contributed by atoms with van der Waals surface area (Å²) in [5.74, 6) is 2.76. The molecule has 1 aromatic carbocycles. The van der Waals surface area contributed by atoms with Crippen molar-refractivity contribution in [2.45, 2.75) is 27.7 Å². The molecular weight excluding hydrogens is 274 g/mol. The molecule has 106 valence electrons. The molecule has 0 aliphatic heterocycles. The van der Waals surface area contributed by atoms with Crippen LogP contribution in [0.1, 0.15) is 23.9 Å². The summed E-state index contributed by atoms with van der Waals surface area (Å²) in [6, 6.07) is 5.55. The minimum atomic E-state index is 0.565. The summed E-state index contributed by atoms with van der Waals surface area (Å²) in [5, 5.41) is 3.93. The molecule has 0 aliphatic rings. The number of hydrogen-bond acceptors (Lipinski definition) is 4. The van der Waals surface area contributed by atoms with Gasteiger partial charge in [-0.1, -0.05) is 11.6 Å². The van der Waals surface area contributed by atoms with Crippen LogP contribution in [0, 0.1) is 20.8 Å². The van der Waals surface area contributed by atoms with Gasteiger partial charge in [-0.25, -0.2) is 4.98 Å². The molecule has 0 aliphatic carbocycles. The zero-order chi connectivity index (χ0) is 14.7. The smallest absolute Gasteiger partial charge is 0.227 e. The second-order valence-electron chi connectivity index (χ2n) is 4.59. The van der Waals surface area contributed by atoms with Gasteiger partial charge in [0.1, 0.15) is 17.4 Å². The van der Waals surface area contributed by atoms with Gasteiger partial charge < -0.3 is 10.1 Å². The van der Waals surface area contributed by atoms with Crippen molar-refractivity contribution in [3.8, 4) is 11.6 Å². The van der Waals surface area contributed by atoms with Gasteiger partial charge in [-0.3, -0.25) is 0 Å². The van der Waals surface area contributed by atoms with Crippen molar-refractivity contribution >= 4 is 17.4 Å². The molecule has 0 bridgehead atoms. The van der Waals surface area contributed by atoms with Gasteiger partial charge in [0.05, 0.1) is 5.56 Å². The van der Waals surface area contributed by atoms with Gasteiger partial charge in [-0.05, 0) is 51.5 Å². The Morgan fingerprint density at radius 3 is 2.60 bits per heavy atom. The largest absolute Gasteiger partial charge is 0.439 e. The number of halogens is 1. The highest BCUT2D eigenvalue weighted by Gasteiger charge is 2.11. The van der Waals surface area contributed by atoms with Crippen molar-refractivity contribution in [1.82, 2.24) is 9.97 Å². The first kappa shape index (κ1) is 14.6. The summed E-state index contributed by atoms with van der Waals surface area (Å²) in [4.78, 5) is 8.73. The average molecular weight is 292 g/mol. The molecule has 1 aromatic heterocycles. The van der Waals surface area contributed by atoms with Crippen LogP contribution in [0.4, 0.5) is 5.82 Å². The van der Waals surface area contributed by atoms with Gasteiger partial charge in [-0.2, -0.15) is 4.98 Å². The van der Waals surface area contributed by atoms with E-state index in [1.165, 1.54) is 0 Å². The van der Waals surface area contributed by atoms with Crippen LogP contribution in [0.2, 0.25) is 5.02 Å². The zero-order valence-electron chi connectivity index (χ0n) is 12.1. The first-order chi connectivity index (χ1) is 9.51. The Balaban J connectivity index is 2.35. The predicted molar refractivity (Wildman–Crippen MR) is 81.9 cm³/mol. The maximum absolute atomic E-state index is 6.02. The molecular formula is C15H18ClN3O. The van der Waals surface area contributed by atoms with E-state index in [0.29, 0.717) is 11.7 Å². The van der Waals surface area contributed by atoms with E-state index in [-0.39, 0.29) is 0 Å². The number of anilines is 1. The molecule has 1 N–H and O–H groups in total. The minimum absolute atomic E-state index is 0.565. The van der Waals surface area contributed by atoms with Crippen molar-refractivity contribution in [1.29, 1.82) is 0 Å². The second-order valence-corrected chi connectivity index (χ2v) is 5.00. The number of nitrogens with zero attached hydrogens (tertiary/aromatic N) is 2. The van der Waals surface area contributed by atoms with Crippen LogP contribution in [0.3, 0.4) is 0 Å². The van der Waals surface area contributed by atoms with Gasteiger partial charge in [-0.15, -0.1) is 0 Å². The number of nitrogens with one attached hydrogen (secondary N) is 1. The molecule has 0 unspecified atom stereocenters. The van der Waals surface area contributed by atoms with E-state index < -0.39 is 0 Å². The van der Waals surface area contributed by atoms with Crippen LogP contribution >= 0.6 is 11.6 Å². The first-order valence-corrected chi connectivity index (χ1v) is 6.92. The van der Waals surface area contributed by atoms with Gasteiger partial charge in [0, 0.05) is 11.6 Å². The molecule has 5 heteroatoms. The fourth-order valence-electron chi connectivity index (χ4n) is 1.83. The number of ether oxygens (including phenoxy) is 1. The summed E-state index contributed by atoms with van der Waals surface area (Å²) >= 11 is 6.02. The number of aromatic nitrogens is 2. The van der Waals surface area contributed by atoms with E-state index in [9.17, 15) is 0 Å². The van der Waals surface area contributed by atoms with E-state index in [1.807, 2.05) is 45.9 Å². The molecule has 20 heavy (non-hydrogen) atoms. The predicted octanol–water partition coefficient (Wildman–Crippen LogP) is 4.28. The lowest BCUT2D eigenvalue weighted by Crippen LogP contribution is -2.06. The van der Waals surface area contributed by atoms with Crippen molar-refractivity contribution in [3.05, 3.63) is 40.2 Å². The summed E-state index contributed by atoms with van der Waals surface area (Å²) in [7, 11) is 0. The van der Waals surface area contributed by atoms with Crippen molar-refractivity contribution in [2.75, 3.05) is 11.9 Å². The quantitative estimate of drug-likeness (QED) is 0.913. The number of hydrogen-bond donors (Lipinski definition) is 1. The fourth-order valence-corrected chi connectivity index (χ4v) is 1.95. The molecule has 2 rings (SSSR count). The molecule has 0 radical (unpaired) electrons. The first-order valence-electron chi connectivity index (χ1n) is 6.54. The zero-order valence-corrected chi connectivity index (χ0v) is 12.9. The maximum Gasteiger partial charge on any atom is 0.227 e. The molecule has 4 nitrogen and oxygen atoms in total. The lowest BCUT2D eigenvalue weighted by molar-refractivity contribution is 0.455. The molecule has 0 amide bonds. The van der Waals surface area contributed by atoms with Crippen LogP contribution in [0.15, 0.2) is 18.2 Å². The monoisotopic (exact) mass is 291 g/mol. The van der Waals surface area contributed by atoms with Crippen LogP contribution in [-0.4, -0.2) is 16.5 Å². The molecule has 2 aromatic rings. The summed E-state index contributed by atoms with van der Waals surface area (Å²) in [5.41, 5.74) is 1.87. The number of aryl methyl sites for hydroxylation is 2. The normalized spacial score (nSPS) is 10.4. The Bertz CT molecular complexity index is 629. The Morgan fingerprint density at radius 2 is 1.95 bits per heavy atom. The van der Waals surface area contributed by atoms with Crippen molar-refractivity contribution in [3.63, 3.8) is 0 Å². The fraction of sp³-hybridized carbons (Fsp3) is 0.333. The standard InChI is InChI=1S/C15H18ClN3O/c1-5-17-14-10(3)15(19-11(4)18-14)20-12-6-7-13(16)9(2)8-12/h6-8H,5H2,1-4H3,(H,17,18,19). The Labute approximate surface area is 124 Å². The third kappa shape index (κ3) is 3.20. The molecule has 0 saturated heterocycles. The van der Waals surface area contributed by atoms with Crippen LogP contribution < -0.4 is 10.1 Å². The van der Waals surface area contributed by atoms with Gasteiger partial charge in [0.25, 0.3) is 0 Å². The van der Waals surface area contributed by atoms with E-state index in [1.54, 1.807) is 0 Å². The molecule has 0 atom stereocenters. The van der Waals surface area contributed by atoms with E-state index in [2.05, 4.69) is 15.3 Å². The van der Waals surface area contributed by atoms with Crippen LogP contribution in [0.5, 0.6) is 11.6 Å². The van der Waals surface area contributed by atoms with Gasteiger partial charge >= 0.3 is 0 Å². The van der Waals surface area contributed by atoms with Crippen molar-refractivity contribution in [2.24, 2.45) is 0 Å². The summed E-state index contributed by atoms with van der Waals surface area (Å²) in [6.45, 7) is 8.56. The second kappa shape index (κ2) is 6.09. The molecule has 0 spiro atoms. The Hall–Kier alpha value is -1.81. The SMILES string of the molecule is CCNc1nc(C)nc(Oc2ccc(Cl)c(C)c2)c1C. The summed E-state index contributed by atoms with van der Waals surface area (Å²) < 4.78 is 5.86. The number of benzene rings is 1. The van der Waals surface area contributed by atoms with E-state index in [0.717, 1.165) is 34.3 Å². The molecule has 0 fully saturated rings. The average Bonchev–Trinajstić information content (AvgIpc) is 2.39. The minimum Gasteiger partial charge on any atom is -0.439 e. The molecule has 1 heterocycles. The van der Waals surface area contributed by atoms with Gasteiger partial charge in [0.15, 0.2) is 0 Å². The Morgan fingerprint density at radius 1 is 1.20 bits per heavy atom. The lowest BCUT2D eigenvalue weighted by Gasteiger charge is -2.13. The van der Waals surface area contributed by atoms with Crippen LogP contribution in [-0.2, 0) is 0 Å². The molecule has 0 saturated carbocycles. The summed E-state index contributed by atoms with van der Waals surface area (Å²) in [6.07, 6.45) is 0. The van der Waals surface area contributed by atoms with E-state index >= 15 is 0 Å². The highest BCUT2D eigenvalue weighted by Crippen LogP contribution is 2.29. The third-order valence-electron chi connectivity index (χ3n) is 2.90. The topological polar surface area (TPSA) is 47.0 Å². The number of rotatable bonds is 4. The highest BCUT2D eigenvalue weighted by molar-refractivity contribution is 6.31. The maximum atomic E-state index is 6.02. The Kier molecular flexibility index (Phi) is 4.45. The third-order valence-corrected chi connectivity index (χ3v) is 3.33. The van der Waals surface area contributed by atoms with Gasteiger partial charge in [0.2, 0.25) is 5.88 Å². The van der Waals surface area contributed by atoms with Crippen molar-refractivity contribution < 1.29 is 4.74 Å². The van der Waals surface area contributed by atoms with Crippen LogP contribution in [0.25, 0.3) is 0 Å².